The summed E-state index contributed by atoms with van der Waals surface area (Å²) in [7, 11) is 3.73. The Morgan fingerprint density at radius 3 is 2.79 bits per heavy atom. The summed E-state index contributed by atoms with van der Waals surface area (Å²) in [6, 6.07) is 3.54. The molecule has 0 aliphatic carbocycles. The Balaban J connectivity index is 2.27. The van der Waals surface area contributed by atoms with Crippen molar-refractivity contribution in [3.63, 3.8) is 0 Å². The predicted molar refractivity (Wildman–Crippen MR) is 74.3 cm³/mol. The van der Waals surface area contributed by atoms with Crippen molar-refractivity contribution in [2.24, 2.45) is 5.92 Å². The summed E-state index contributed by atoms with van der Waals surface area (Å²) in [5, 5.41) is 10.2. The quantitative estimate of drug-likeness (QED) is 0.864. The van der Waals surface area contributed by atoms with E-state index in [-0.39, 0.29) is 11.8 Å². The van der Waals surface area contributed by atoms with Crippen LogP contribution in [0.15, 0.2) is 18.3 Å². The summed E-state index contributed by atoms with van der Waals surface area (Å²) >= 11 is 0. The largest absolute Gasteiger partial charge is 0.388 e. The molecule has 5 heteroatoms. The molecule has 1 aliphatic rings. The lowest BCUT2D eigenvalue weighted by atomic mass is 9.95. The Kier molecular flexibility index (Phi) is 3.49. The van der Waals surface area contributed by atoms with Crippen molar-refractivity contribution in [2.45, 2.75) is 19.4 Å². The first-order valence-electron chi connectivity index (χ1n) is 6.47. The first-order valence-corrected chi connectivity index (χ1v) is 6.47. The summed E-state index contributed by atoms with van der Waals surface area (Å²) in [4.78, 5) is 20.3. The molecule has 0 radical (unpaired) electrons. The molecule has 0 saturated carbocycles. The smallest absolute Gasteiger partial charge is 0.257 e. The molecule has 0 aromatic carbocycles. The monoisotopic (exact) mass is 263 g/mol. The van der Waals surface area contributed by atoms with Gasteiger partial charge in [-0.25, -0.2) is 4.98 Å². The number of hydrogen-bond acceptors (Lipinski definition) is 4. The SMILES string of the molecule is C[C@@H]1CN(C(=O)c2cccnc2N(C)C)C[C@]1(C)O. The molecule has 2 atom stereocenters. The first-order chi connectivity index (χ1) is 8.83. The van der Waals surface area contributed by atoms with Gasteiger partial charge in [-0.15, -0.1) is 0 Å². The van der Waals surface area contributed by atoms with E-state index in [9.17, 15) is 9.90 Å². The summed E-state index contributed by atoms with van der Waals surface area (Å²) in [5.74, 6) is 0.670. The van der Waals surface area contributed by atoms with E-state index in [4.69, 9.17) is 0 Å². The minimum Gasteiger partial charge on any atom is -0.388 e. The molecule has 19 heavy (non-hydrogen) atoms. The van der Waals surface area contributed by atoms with E-state index in [1.165, 1.54) is 0 Å². The zero-order chi connectivity index (χ0) is 14.2. The van der Waals surface area contributed by atoms with Gasteiger partial charge >= 0.3 is 0 Å². The highest BCUT2D eigenvalue weighted by Gasteiger charge is 2.41. The van der Waals surface area contributed by atoms with Crippen molar-refractivity contribution in [2.75, 3.05) is 32.1 Å². The lowest BCUT2D eigenvalue weighted by Crippen LogP contribution is -2.35. The molecule has 1 amide bonds. The number of likely N-dealkylation sites (tertiary alicyclic amines) is 1. The molecule has 1 fully saturated rings. The minimum absolute atomic E-state index is 0.0681. The normalized spacial score (nSPS) is 26.6. The molecule has 2 heterocycles. The number of aromatic nitrogens is 1. The van der Waals surface area contributed by atoms with Crippen LogP contribution < -0.4 is 4.90 Å². The van der Waals surface area contributed by atoms with E-state index in [1.807, 2.05) is 25.9 Å². The topological polar surface area (TPSA) is 56.7 Å². The van der Waals surface area contributed by atoms with E-state index in [0.717, 1.165) is 0 Å². The zero-order valence-electron chi connectivity index (χ0n) is 11.9. The van der Waals surface area contributed by atoms with Crippen molar-refractivity contribution in [3.05, 3.63) is 23.9 Å². The van der Waals surface area contributed by atoms with Crippen molar-refractivity contribution >= 4 is 11.7 Å². The van der Waals surface area contributed by atoms with Gasteiger partial charge in [-0.2, -0.15) is 0 Å². The summed E-state index contributed by atoms with van der Waals surface area (Å²) in [6.45, 7) is 4.69. The molecular formula is C14H21N3O2. The lowest BCUT2D eigenvalue weighted by molar-refractivity contribution is 0.0351. The fourth-order valence-electron chi connectivity index (χ4n) is 2.38. The van der Waals surface area contributed by atoms with Crippen LogP contribution in [0, 0.1) is 5.92 Å². The average molecular weight is 263 g/mol. The molecule has 1 N–H and O–H groups in total. The van der Waals surface area contributed by atoms with Crippen LogP contribution in [0.1, 0.15) is 24.2 Å². The maximum atomic E-state index is 12.6. The van der Waals surface area contributed by atoms with Crippen LogP contribution in [0.3, 0.4) is 0 Å². The van der Waals surface area contributed by atoms with Gasteiger partial charge in [0.2, 0.25) is 0 Å². The molecule has 0 bridgehead atoms. The highest BCUT2D eigenvalue weighted by Crippen LogP contribution is 2.29. The Bertz CT molecular complexity index is 485. The second kappa shape index (κ2) is 4.81. The average Bonchev–Trinajstić information content (AvgIpc) is 2.63. The van der Waals surface area contributed by atoms with E-state index in [2.05, 4.69) is 4.98 Å². The van der Waals surface area contributed by atoms with E-state index in [1.54, 1.807) is 30.2 Å². The number of hydrogen-bond donors (Lipinski definition) is 1. The molecule has 5 nitrogen and oxygen atoms in total. The number of carbonyl (C=O) groups is 1. The molecule has 104 valence electrons. The fourth-order valence-corrected chi connectivity index (χ4v) is 2.38. The lowest BCUT2D eigenvalue weighted by Gasteiger charge is -2.22. The summed E-state index contributed by atoms with van der Waals surface area (Å²) < 4.78 is 0. The number of nitrogens with zero attached hydrogens (tertiary/aromatic N) is 3. The van der Waals surface area contributed by atoms with Gasteiger partial charge in [0.25, 0.3) is 5.91 Å². The molecular weight excluding hydrogens is 242 g/mol. The van der Waals surface area contributed by atoms with Crippen molar-refractivity contribution in [1.29, 1.82) is 0 Å². The van der Waals surface area contributed by atoms with Crippen LogP contribution in [0.2, 0.25) is 0 Å². The Morgan fingerprint density at radius 2 is 2.26 bits per heavy atom. The second-order valence-corrected chi connectivity index (χ2v) is 5.71. The van der Waals surface area contributed by atoms with E-state index in [0.29, 0.717) is 24.5 Å². The Labute approximate surface area is 113 Å². The third-order valence-corrected chi connectivity index (χ3v) is 3.79. The second-order valence-electron chi connectivity index (χ2n) is 5.71. The fraction of sp³-hybridized carbons (Fsp3) is 0.571. The highest BCUT2D eigenvalue weighted by molar-refractivity contribution is 5.99. The third kappa shape index (κ3) is 2.56. The van der Waals surface area contributed by atoms with Gasteiger partial charge in [0, 0.05) is 39.3 Å². The maximum Gasteiger partial charge on any atom is 0.257 e. The number of pyridine rings is 1. The third-order valence-electron chi connectivity index (χ3n) is 3.79. The van der Waals surface area contributed by atoms with Crippen molar-refractivity contribution in [3.8, 4) is 0 Å². The Morgan fingerprint density at radius 1 is 1.58 bits per heavy atom. The van der Waals surface area contributed by atoms with Crippen LogP contribution >= 0.6 is 0 Å². The van der Waals surface area contributed by atoms with Gasteiger partial charge in [0.15, 0.2) is 0 Å². The predicted octanol–water partition coefficient (Wildman–Crippen LogP) is 0.990. The van der Waals surface area contributed by atoms with E-state index >= 15 is 0 Å². The molecule has 1 saturated heterocycles. The van der Waals surface area contributed by atoms with Crippen LogP contribution in [0.4, 0.5) is 5.82 Å². The summed E-state index contributed by atoms with van der Waals surface area (Å²) in [6.07, 6.45) is 1.68. The first kappa shape index (κ1) is 13.8. The number of anilines is 1. The molecule has 2 rings (SSSR count). The molecule has 1 aliphatic heterocycles. The van der Waals surface area contributed by atoms with Gasteiger partial charge in [0.05, 0.1) is 11.2 Å². The molecule has 1 aromatic rings. The van der Waals surface area contributed by atoms with Gasteiger partial charge in [-0.1, -0.05) is 6.92 Å². The van der Waals surface area contributed by atoms with E-state index < -0.39 is 5.60 Å². The zero-order valence-corrected chi connectivity index (χ0v) is 11.9. The van der Waals surface area contributed by atoms with Crippen molar-refractivity contribution < 1.29 is 9.90 Å². The van der Waals surface area contributed by atoms with Crippen LogP contribution in [-0.4, -0.2) is 53.7 Å². The van der Waals surface area contributed by atoms with Gasteiger partial charge in [-0.3, -0.25) is 4.79 Å². The highest BCUT2D eigenvalue weighted by atomic mass is 16.3. The van der Waals surface area contributed by atoms with Crippen LogP contribution in [0.25, 0.3) is 0 Å². The number of aliphatic hydroxyl groups is 1. The van der Waals surface area contributed by atoms with Crippen molar-refractivity contribution in [1.82, 2.24) is 9.88 Å². The van der Waals surface area contributed by atoms with Crippen LogP contribution in [-0.2, 0) is 0 Å². The minimum atomic E-state index is -0.809. The van der Waals surface area contributed by atoms with Crippen LogP contribution in [0.5, 0.6) is 0 Å². The molecule has 0 spiro atoms. The van der Waals surface area contributed by atoms with Gasteiger partial charge < -0.3 is 14.9 Å². The summed E-state index contributed by atoms with van der Waals surface area (Å²) in [5.41, 5.74) is -0.228. The number of carbonyl (C=O) groups excluding carboxylic acids is 1. The Hall–Kier alpha value is -1.62. The molecule has 0 unspecified atom stereocenters. The number of β-amino-alcohol motifs (C(OH)–C–C–N with tert-alkyl or cyclic N) is 1. The number of amides is 1. The standard InChI is InChI=1S/C14H21N3O2/c1-10-8-17(9-14(10,2)19)13(18)11-6-5-7-15-12(11)16(3)4/h5-7,10,19H,8-9H2,1-4H3/t10-,14+/m1/s1. The maximum absolute atomic E-state index is 12.6. The van der Waals surface area contributed by atoms with Gasteiger partial charge in [0.1, 0.15) is 5.82 Å². The number of rotatable bonds is 2. The molecule has 1 aromatic heterocycles. The van der Waals surface area contributed by atoms with Gasteiger partial charge in [-0.05, 0) is 19.1 Å².